The van der Waals surface area contributed by atoms with Gasteiger partial charge in [-0.05, 0) is 55.3 Å². The summed E-state index contributed by atoms with van der Waals surface area (Å²) < 4.78 is 0. The molecule has 3 nitrogen and oxygen atoms in total. The number of carbonyl (C=O) groups excluding carboxylic acids is 1. The molecule has 0 heterocycles. The Morgan fingerprint density at radius 1 is 1.26 bits per heavy atom. The number of nitriles is 1. The molecule has 0 saturated heterocycles. The lowest BCUT2D eigenvalue weighted by Crippen LogP contribution is -2.57. The van der Waals surface area contributed by atoms with E-state index < -0.39 is 5.41 Å². The Hall–Kier alpha value is -1.04. The highest BCUT2D eigenvalue weighted by atomic mass is 16.2. The van der Waals surface area contributed by atoms with Crippen LogP contribution in [0.1, 0.15) is 59.3 Å². The van der Waals surface area contributed by atoms with Crippen molar-refractivity contribution in [3.05, 3.63) is 0 Å². The average molecular weight is 260 g/mol. The number of hydrogen-bond donors (Lipinski definition) is 1. The average Bonchev–Trinajstić information content (AvgIpc) is 2.75. The minimum atomic E-state index is -0.714. The molecule has 0 aromatic heterocycles. The van der Waals surface area contributed by atoms with Crippen molar-refractivity contribution >= 4 is 5.91 Å². The number of nitrogens with one attached hydrogen (secondary N) is 1. The van der Waals surface area contributed by atoms with E-state index >= 15 is 0 Å². The van der Waals surface area contributed by atoms with Gasteiger partial charge in [0.25, 0.3) is 0 Å². The van der Waals surface area contributed by atoms with E-state index in [9.17, 15) is 10.1 Å². The van der Waals surface area contributed by atoms with Crippen molar-refractivity contribution in [1.29, 1.82) is 5.26 Å². The fraction of sp³-hybridized carbons (Fsp3) is 0.875. The first-order valence-corrected chi connectivity index (χ1v) is 7.56. The maximum absolute atomic E-state index is 12.5. The minimum absolute atomic E-state index is 0.00639. The van der Waals surface area contributed by atoms with Crippen molar-refractivity contribution in [2.45, 2.75) is 65.3 Å². The third-order valence-corrected chi connectivity index (χ3v) is 6.40. The van der Waals surface area contributed by atoms with E-state index in [1.54, 1.807) is 0 Å². The predicted octanol–water partition coefficient (Wildman–Crippen LogP) is 3.01. The van der Waals surface area contributed by atoms with Crippen LogP contribution >= 0.6 is 0 Å². The van der Waals surface area contributed by atoms with Gasteiger partial charge in [-0.2, -0.15) is 5.26 Å². The summed E-state index contributed by atoms with van der Waals surface area (Å²) in [4.78, 5) is 12.5. The molecular weight excluding hydrogens is 236 g/mol. The molecule has 3 atom stereocenters. The molecular formula is C16H24N2O. The van der Waals surface area contributed by atoms with Crippen LogP contribution in [0, 0.1) is 33.5 Å². The topological polar surface area (TPSA) is 52.9 Å². The summed E-state index contributed by atoms with van der Waals surface area (Å²) >= 11 is 0. The molecule has 0 aliphatic heterocycles. The first-order valence-electron chi connectivity index (χ1n) is 7.56. The van der Waals surface area contributed by atoms with E-state index in [0.29, 0.717) is 0 Å². The molecule has 3 heteroatoms. The van der Waals surface area contributed by atoms with Crippen LogP contribution in [-0.2, 0) is 4.79 Å². The zero-order chi connectivity index (χ0) is 13.9. The van der Waals surface area contributed by atoms with Crippen molar-refractivity contribution < 1.29 is 4.79 Å². The van der Waals surface area contributed by atoms with E-state index in [1.807, 2.05) is 0 Å². The van der Waals surface area contributed by atoms with Gasteiger partial charge in [0.2, 0.25) is 5.91 Å². The van der Waals surface area contributed by atoms with Gasteiger partial charge >= 0.3 is 0 Å². The minimum Gasteiger partial charge on any atom is -0.351 e. The standard InChI is InChI=1S/C16H24N2O/c1-14(2)11-5-8-15(3,9-11)12(14)18-13(19)16(10-17)6-4-7-16/h11-12H,4-9H2,1-3H3,(H,18,19). The van der Waals surface area contributed by atoms with E-state index in [0.717, 1.165) is 25.2 Å². The number of fused-ring (bicyclic) bond motifs is 2. The van der Waals surface area contributed by atoms with Crippen molar-refractivity contribution in [1.82, 2.24) is 5.32 Å². The van der Waals surface area contributed by atoms with Crippen molar-refractivity contribution in [3.8, 4) is 6.07 Å². The van der Waals surface area contributed by atoms with Crippen LogP contribution in [0.2, 0.25) is 0 Å². The lowest BCUT2D eigenvalue weighted by molar-refractivity contribution is -0.134. The van der Waals surface area contributed by atoms with Crippen molar-refractivity contribution in [2.75, 3.05) is 0 Å². The first-order chi connectivity index (χ1) is 8.84. The zero-order valence-corrected chi connectivity index (χ0v) is 12.3. The van der Waals surface area contributed by atoms with E-state index in [4.69, 9.17) is 0 Å². The third kappa shape index (κ3) is 1.58. The Labute approximate surface area is 115 Å². The second-order valence-corrected chi connectivity index (χ2v) is 7.87. The molecule has 0 aromatic carbocycles. The number of amides is 1. The Bertz CT molecular complexity index is 453. The highest BCUT2D eigenvalue weighted by Crippen LogP contribution is 2.62. The van der Waals surface area contributed by atoms with Crippen LogP contribution in [0.15, 0.2) is 0 Å². The van der Waals surface area contributed by atoms with Crippen LogP contribution in [-0.4, -0.2) is 11.9 Å². The van der Waals surface area contributed by atoms with E-state index in [1.165, 1.54) is 19.3 Å². The molecule has 0 aromatic rings. The maximum Gasteiger partial charge on any atom is 0.240 e. The highest BCUT2D eigenvalue weighted by molar-refractivity contribution is 5.86. The number of rotatable bonds is 2. The number of hydrogen-bond acceptors (Lipinski definition) is 2. The van der Waals surface area contributed by atoms with Crippen LogP contribution < -0.4 is 5.32 Å². The quantitative estimate of drug-likeness (QED) is 0.829. The van der Waals surface area contributed by atoms with Crippen molar-refractivity contribution in [3.63, 3.8) is 0 Å². The van der Waals surface area contributed by atoms with Crippen molar-refractivity contribution in [2.24, 2.45) is 22.2 Å². The van der Waals surface area contributed by atoms with Gasteiger partial charge < -0.3 is 5.32 Å². The Kier molecular flexibility index (Phi) is 2.56. The molecule has 1 amide bonds. The van der Waals surface area contributed by atoms with E-state index in [2.05, 4.69) is 32.2 Å². The second kappa shape index (κ2) is 3.75. The van der Waals surface area contributed by atoms with Gasteiger partial charge in [-0.3, -0.25) is 4.79 Å². The molecule has 3 saturated carbocycles. The van der Waals surface area contributed by atoms with Gasteiger partial charge in [0, 0.05) is 6.04 Å². The summed E-state index contributed by atoms with van der Waals surface area (Å²) in [5.74, 6) is 0.718. The highest BCUT2D eigenvalue weighted by Gasteiger charge is 2.60. The molecule has 1 N–H and O–H groups in total. The molecule has 2 bridgehead atoms. The molecule has 3 fully saturated rings. The van der Waals surface area contributed by atoms with Gasteiger partial charge in [-0.1, -0.05) is 20.8 Å². The Balaban J connectivity index is 1.80. The normalized spacial score (nSPS) is 41.4. The van der Waals surface area contributed by atoms with Gasteiger partial charge in [-0.15, -0.1) is 0 Å². The summed E-state index contributed by atoms with van der Waals surface area (Å²) in [7, 11) is 0. The van der Waals surface area contributed by atoms with Crippen LogP contribution in [0.3, 0.4) is 0 Å². The molecule has 19 heavy (non-hydrogen) atoms. The Morgan fingerprint density at radius 2 is 1.95 bits per heavy atom. The summed E-state index contributed by atoms with van der Waals surface area (Å²) in [5, 5.41) is 12.6. The molecule has 0 spiro atoms. The molecule has 3 aliphatic rings. The van der Waals surface area contributed by atoms with Gasteiger partial charge in [0.15, 0.2) is 0 Å². The number of carbonyl (C=O) groups is 1. The molecule has 3 unspecified atom stereocenters. The van der Waals surface area contributed by atoms with E-state index in [-0.39, 0.29) is 22.8 Å². The molecule has 3 rings (SSSR count). The fourth-order valence-electron chi connectivity index (χ4n) is 4.85. The lowest BCUT2D eigenvalue weighted by atomic mass is 9.66. The number of nitrogens with zero attached hydrogens (tertiary/aromatic N) is 1. The van der Waals surface area contributed by atoms with Crippen LogP contribution in [0.5, 0.6) is 0 Å². The summed E-state index contributed by atoms with van der Waals surface area (Å²) in [5.41, 5.74) is -0.304. The Morgan fingerprint density at radius 3 is 2.37 bits per heavy atom. The summed E-state index contributed by atoms with van der Waals surface area (Å²) in [6.45, 7) is 6.88. The monoisotopic (exact) mass is 260 g/mol. The second-order valence-electron chi connectivity index (χ2n) is 7.87. The third-order valence-electron chi connectivity index (χ3n) is 6.40. The zero-order valence-electron chi connectivity index (χ0n) is 12.3. The summed E-state index contributed by atoms with van der Waals surface area (Å²) in [6, 6.07) is 2.49. The molecule has 0 radical (unpaired) electrons. The SMILES string of the molecule is CC12CCC(C1)C(C)(C)C2NC(=O)C1(C#N)CCC1. The predicted molar refractivity (Wildman–Crippen MR) is 73.1 cm³/mol. The largest absolute Gasteiger partial charge is 0.351 e. The van der Waals surface area contributed by atoms with Gasteiger partial charge in [-0.25, -0.2) is 0 Å². The first kappa shape index (κ1) is 13.0. The maximum atomic E-state index is 12.5. The smallest absolute Gasteiger partial charge is 0.240 e. The summed E-state index contributed by atoms with van der Waals surface area (Å²) in [6.07, 6.45) is 6.22. The van der Waals surface area contributed by atoms with Gasteiger partial charge in [0.05, 0.1) is 6.07 Å². The molecule has 3 aliphatic carbocycles. The van der Waals surface area contributed by atoms with Gasteiger partial charge in [0.1, 0.15) is 5.41 Å². The van der Waals surface area contributed by atoms with Crippen LogP contribution in [0.4, 0.5) is 0 Å². The fourth-order valence-corrected chi connectivity index (χ4v) is 4.85. The lowest BCUT2D eigenvalue weighted by Gasteiger charge is -2.45. The molecule has 104 valence electrons. The van der Waals surface area contributed by atoms with Crippen LogP contribution in [0.25, 0.3) is 0 Å².